The van der Waals surface area contributed by atoms with Crippen molar-refractivity contribution >= 4 is 0 Å². The first-order valence-electron chi connectivity index (χ1n) is 5.28. The van der Waals surface area contributed by atoms with Gasteiger partial charge in [0.2, 0.25) is 6.54 Å². The van der Waals surface area contributed by atoms with E-state index in [4.69, 9.17) is 0 Å². The zero-order chi connectivity index (χ0) is 11.6. The predicted octanol–water partition coefficient (Wildman–Crippen LogP) is 3.02. The van der Waals surface area contributed by atoms with E-state index < -0.39 is 0 Å². The van der Waals surface area contributed by atoms with Crippen LogP contribution in [-0.4, -0.2) is 11.5 Å². The van der Waals surface area contributed by atoms with Crippen molar-refractivity contribution in [2.45, 2.75) is 12.8 Å². The molecule has 0 saturated carbocycles. The van der Waals surface area contributed by atoms with E-state index in [1.54, 1.807) is 0 Å². The Hall–Kier alpha value is -1.38. The molecule has 3 nitrogen and oxygen atoms in total. The van der Waals surface area contributed by atoms with Gasteiger partial charge in [0.1, 0.15) is 0 Å². The third kappa shape index (κ3) is 8.43. The maximum absolute atomic E-state index is 9.93. The average molecular weight is 273 g/mol. The number of hydrogen-bond donors (Lipinski definition) is 0. The molecule has 0 aliphatic heterocycles. The molecule has 4 heteroatoms. The number of hydrogen-bond acceptors (Lipinski definition) is 2. The average Bonchev–Trinajstić information content (AvgIpc) is 2.93. The molecule has 2 rings (SSSR count). The molecule has 0 atom stereocenters. The van der Waals surface area contributed by atoms with Crippen molar-refractivity contribution in [2.24, 2.45) is 0 Å². The molecule has 0 unspecified atom stereocenters. The monoisotopic (exact) mass is 273 g/mol. The van der Waals surface area contributed by atoms with Gasteiger partial charge in [0.25, 0.3) is 0 Å². The van der Waals surface area contributed by atoms with Crippen LogP contribution in [0.15, 0.2) is 54.6 Å². The second-order valence-electron chi connectivity index (χ2n) is 3.42. The van der Waals surface area contributed by atoms with Crippen molar-refractivity contribution < 1.29 is 22.0 Å². The topological polar surface area (TPSA) is 43.1 Å². The van der Waals surface area contributed by atoms with E-state index in [1.165, 1.54) is 5.56 Å². The number of aryl methyl sites for hydroxylation is 1. The summed E-state index contributed by atoms with van der Waals surface area (Å²) in [4.78, 5) is 9.66. The molecule has 0 N–H and O–H groups in total. The van der Waals surface area contributed by atoms with E-state index in [0.29, 0.717) is 6.42 Å². The fraction of sp³-hybridized carbons (Fsp3) is 0.231. The SMILES string of the molecule is O=[N+]([O-])CCC[c-]1cccc1.[Fe+2].c1cc[cH-]c1. The van der Waals surface area contributed by atoms with Gasteiger partial charge in [0.05, 0.1) is 0 Å². The number of rotatable bonds is 4. The van der Waals surface area contributed by atoms with Crippen LogP contribution in [0.3, 0.4) is 0 Å². The Bertz CT molecular complexity index is 351. The zero-order valence-electron chi connectivity index (χ0n) is 9.43. The van der Waals surface area contributed by atoms with E-state index in [1.807, 2.05) is 54.6 Å². The summed E-state index contributed by atoms with van der Waals surface area (Å²) in [6.45, 7) is 0.0746. The van der Waals surface area contributed by atoms with Crippen LogP contribution < -0.4 is 0 Å². The quantitative estimate of drug-likeness (QED) is 0.372. The van der Waals surface area contributed by atoms with Crippen LogP contribution in [0, 0.1) is 10.1 Å². The van der Waals surface area contributed by atoms with Crippen molar-refractivity contribution in [3.05, 3.63) is 70.3 Å². The van der Waals surface area contributed by atoms with Crippen LogP contribution in [-0.2, 0) is 23.5 Å². The molecule has 0 amide bonds. The van der Waals surface area contributed by atoms with E-state index in [2.05, 4.69) is 0 Å². The summed E-state index contributed by atoms with van der Waals surface area (Å²) < 4.78 is 0. The molecule has 0 aliphatic rings. The van der Waals surface area contributed by atoms with Gasteiger partial charge in [0, 0.05) is 11.3 Å². The molecule has 2 aromatic rings. The predicted molar refractivity (Wildman–Crippen MR) is 64.3 cm³/mol. The van der Waals surface area contributed by atoms with Crippen molar-refractivity contribution in [3.63, 3.8) is 0 Å². The molecule has 2 aromatic carbocycles. The number of nitrogens with zero attached hydrogens (tertiary/aromatic N) is 1. The summed E-state index contributed by atoms with van der Waals surface area (Å²) in [5.41, 5.74) is 1.19. The maximum Gasteiger partial charge on any atom is 2.00 e. The third-order valence-corrected chi connectivity index (χ3v) is 2.09. The summed E-state index contributed by atoms with van der Waals surface area (Å²) >= 11 is 0. The van der Waals surface area contributed by atoms with Crippen molar-refractivity contribution in [1.29, 1.82) is 0 Å². The zero-order valence-corrected chi connectivity index (χ0v) is 10.5. The Morgan fingerprint density at radius 1 is 1.12 bits per heavy atom. The Kier molecular flexibility index (Phi) is 9.02. The third-order valence-electron chi connectivity index (χ3n) is 2.09. The molecule has 0 radical (unpaired) electrons. The molecule has 0 bridgehead atoms. The van der Waals surface area contributed by atoms with E-state index >= 15 is 0 Å². The normalized spacial score (nSPS) is 8.71. The Balaban J connectivity index is 0.000000360. The van der Waals surface area contributed by atoms with Crippen molar-refractivity contribution in [2.75, 3.05) is 6.54 Å². The molecule has 0 spiro atoms. The fourth-order valence-corrected chi connectivity index (χ4v) is 1.31. The Labute approximate surface area is 112 Å². The molecular weight excluding hydrogens is 258 g/mol. The van der Waals surface area contributed by atoms with Gasteiger partial charge in [-0.3, -0.25) is 10.1 Å². The summed E-state index contributed by atoms with van der Waals surface area (Å²) in [6, 6.07) is 17.9. The molecule has 0 heterocycles. The van der Waals surface area contributed by atoms with Crippen molar-refractivity contribution in [3.8, 4) is 0 Å². The first-order chi connectivity index (χ1) is 7.79. The molecule has 0 fully saturated rings. The standard InChI is InChI=1S/C8H10NO2.C5H5.Fe/c10-9(11)7-3-6-8-4-1-2-5-8;1-2-4-5-3-1;/h1-2,4-5H,3,6-7H2;1-5H;/q2*-1;+2. The molecule has 17 heavy (non-hydrogen) atoms. The summed E-state index contributed by atoms with van der Waals surface area (Å²) in [5.74, 6) is 0. The fourth-order valence-electron chi connectivity index (χ4n) is 1.31. The van der Waals surface area contributed by atoms with E-state index in [9.17, 15) is 10.1 Å². The van der Waals surface area contributed by atoms with Gasteiger partial charge >= 0.3 is 17.1 Å². The summed E-state index contributed by atoms with van der Waals surface area (Å²) in [6.07, 6.45) is 1.45. The van der Waals surface area contributed by atoms with Crippen LogP contribution in [0.4, 0.5) is 0 Å². The molecule has 92 valence electrons. The second-order valence-corrected chi connectivity index (χ2v) is 3.42. The molecule has 0 aliphatic carbocycles. The summed E-state index contributed by atoms with van der Waals surface area (Å²) in [5, 5.41) is 9.93. The maximum atomic E-state index is 9.93. The van der Waals surface area contributed by atoms with Gasteiger partial charge in [-0.25, -0.2) is 24.3 Å². The van der Waals surface area contributed by atoms with Gasteiger partial charge in [0.15, 0.2) is 0 Å². The van der Waals surface area contributed by atoms with Crippen LogP contribution in [0.25, 0.3) is 0 Å². The van der Waals surface area contributed by atoms with Crippen molar-refractivity contribution in [1.82, 2.24) is 0 Å². The molecule has 0 saturated heterocycles. The van der Waals surface area contributed by atoms with Crippen LogP contribution >= 0.6 is 0 Å². The van der Waals surface area contributed by atoms with Crippen LogP contribution in [0.2, 0.25) is 0 Å². The van der Waals surface area contributed by atoms with Crippen LogP contribution in [0.5, 0.6) is 0 Å². The number of nitro groups is 1. The van der Waals surface area contributed by atoms with E-state index in [0.717, 1.165) is 6.42 Å². The first-order valence-corrected chi connectivity index (χ1v) is 5.28. The van der Waals surface area contributed by atoms with Gasteiger partial charge in [-0.1, -0.05) is 6.42 Å². The minimum absolute atomic E-state index is 0. The Morgan fingerprint density at radius 2 is 1.71 bits per heavy atom. The minimum atomic E-state index is -0.275. The summed E-state index contributed by atoms with van der Waals surface area (Å²) in [7, 11) is 0. The van der Waals surface area contributed by atoms with Crippen LogP contribution in [0.1, 0.15) is 12.0 Å². The molecular formula is C13H15FeNO2. The first kappa shape index (κ1) is 15.6. The van der Waals surface area contributed by atoms with Gasteiger partial charge in [-0.15, -0.1) is 0 Å². The molecule has 0 aromatic heterocycles. The Morgan fingerprint density at radius 3 is 2.12 bits per heavy atom. The second kappa shape index (κ2) is 9.82. The van der Waals surface area contributed by atoms with E-state index in [-0.39, 0.29) is 28.5 Å². The largest absolute Gasteiger partial charge is 2.00 e. The minimum Gasteiger partial charge on any atom is -0.265 e. The van der Waals surface area contributed by atoms with Gasteiger partial charge in [-0.2, -0.15) is 35.9 Å². The smallest absolute Gasteiger partial charge is 0.265 e. The van der Waals surface area contributed by atoms with Gasteiger partial charge < -0.3 is 0 Å². The van der Waals surface area contributed by atoms with Gasteiger partial charge in [-0.05, 0) is 0 Å².